The van der Waals surface area contributed by atoms with Crippen LogP contribution in [0, 0.1) is 0 Å². The summed E-state index contributed by atoms with van der Waals surface area (Å²) in [5, 5.41) is 25.2. The summed E-state index contributed by atoms with van der Waals surface area (Å²) < 4.78 is 0. The van der Waals surface area contributed by atoms with Gasteiger partial charge in [-0.15, -0.1) is 0 Å². The van der Waals surface area contributed by atoms with E-state index in [0.29, 0.717) is 0 Å². The Morgan fingerprint density at radius 2 is 2.00 bits per heavy atom. The van der Waals surface area contributed by atoms with Gasteiger partial charge in [0.25, 0.3) is 0 Å². The number of carbonyl (C=O) groups is 1. The van der Waals surface area contributed by atoms with Crippen molar-refractivity contribution in [2.45, 2.75) is 18.8 Å². The van der Waals surface area contributed by atoms with Crippen LogP contribution in [0.1, 0.15) is 6.92 Å². The Balaban J connectivity index is 0. The number of nitrogens with two attached hydrogens (primary N) is 1. The average molecular weight is 159 g/mol. The van der Waals surface area contributed by atoms with Crippen molar-refractivity contribution in [3.05, 3.63) is 0 Å². The minimum atomic E-state index is -2.53. The topological polar surface area (TPSA) is 104 Å². The molecule has 0 aliphatic rings. The Morgan fingerprint density at radius 1 is 1.70 bits per heavy atom. The van der Waals surface area contributed by atoms with Crippen molar-refractivity contribution in [1.82, 2.24) is 0 Å². The number of aliphatic hydroxyl groups is 2. The molecule has 0 aliphatic carbocycles. The maximum atomic E-state index is 9.93. The molecule has 0 rings (SSSR count). The molecule has 0 aromatic heterocycles. The first kappa shape index (κ1) is 13.0. The first-order valence-electron chi connectivity index (χ1n) is 2.31. The molecule has 0 radical (unpaired) electrons. The van der Waals surface area contributed by atoms with Gasteiger partial charge in [-0.3, -0.25) is 5.73 Å². The molecule has 2 atom stereocenters. The van der Waals surface area contributed by atoms with Gasteiger partial charge in [-0.1, -0.05) is 0 Å². The molecule has 0 aromatic rings. The fourth-order valence-electron chi connectivity index (χ4n) is 0.179. The van der Waals surface area contributed by atoms with Crippen LogP contribution in [-0.2, 0) is 4.79 Å². The first-order chi connectivity index (χ1) is 3.89. The van der Waals surface area contributed by atoms with Gasteiger partial charge in [0.2, 0.25) is 5.72 Å². The molecule has 0 saturated carbocycles. The number of carboxylic acids is 1. The number of carboxylic acid groups (broad SMARTS) is 1. The Morgan fingerprint density at radius 3 is 2.00 bits per heavy atom. The third-order valence-electron chi connectivity index (χ3n) is 0.980. The van der Waals surface area contributed by atoms with E-state index in [1.807, 2.05) is 0 Å². The molecule has 10 heavy (non-hydrogen) atoms. The summed E-state index contributed by atoms with van der Waals surface area (Å²) in [5.41, 5.74) is 2.18. The quantitative estimate of drug-likeness (QED) is 0.262. The van der Waals surface area contributed by atoms with E-state index in [0.717, 1.165) is 6.92 Å². The molecule has 0 unspecified atom stereocenters. The van der Waals surface area contributed by atoms with Gasteiger partial charge in [0.15, 0.2) is 0 Å². The van der Waals surface area contributed by atoms with Gasteiger partial charge in [0.05, 0.1) is 0 Å². The zero-order chi connectivity index (χ0) is 7.65. The molecule has 0 bridgehead atoms. The maximum absolute atomic E-state index is 9.93. The van der Waals surface area contributed by atoms with E-state index < -0.39 is 17.8 Å². The number of hydrogen-bond donors (Lipinski definition) is 4. The van der Waals surface area contributed by atoms with E-state index in [2.05, 4.69) is 0 Å². The Hall–Kier alpha value is 0.350. The van der Waals surface area contributed by atoms with E-state index in [9.17, 15) is 4.79 Å². The molecule has 0 heterocycles. The second kappa shape index (κ2) is 4.27. The van der Waals surface area contributed by atoms with Crippen LogP contribution in [-0.4, -0.2) is 62.7 Å². The molecule has 0 aromatic carbocycles. The summed E-state index contributed by atoms with van der Waals surface area (Å²) in [5.74, 6) is -1.64. The summed E-state index contributed by atoms with van der Waals surface area (Å²) in [7, 11) is 0. The summed E-state index contributed by atoms with van der Waals surface area (Å²) in [6.45, 7) is 1.09. The third-order valence-corrected chi connectivity index (χ3v) is 0.980. The van der Waals surface area contributed by atoms with Crippen LogP contribution in [0.3, 0.4) is 0 Å². The zero-order valence-electron chi connectivity index (χ0n) is 4.90. The normalized spacial score (nSPS) is 18.4. The van der Waals surface area contributed by atoms with Crippen molar-refractivity contribution < 1.29 is 20.1 Å². The number of aliphatic carboxylic acids is 1. The predicted molar refractivity (Wildman–Crippen MR) is 35.6 cm³/mol. The molecule has 0 saturated heterocycles. The van der Waals surface area contributed by atoms with Gasteiger partial charge in [-0.2, -0.15) is 0 Å². The minimum absolute atomic E-state index is 0. The van der Waals surface area contributed by atoms with E-state index in [-0.39, 0.29) is 29.6 Å². The van der Waals surface area contributed by atoms with Crippen LogP contribution in [0.15, 0.2) is 0 Å². The van der Waals surface area contributed by atoms with Crippen LogP contribution >= 0.6 is 0 Å². The average Bonchev–Trinajstić information content (AvgIpc) is 1.65. The summed E-state index contributed by atoms with van der Waals surface area (Å²) in [6, 6.07) is 0. The van der Waals surface area contributed by atoms with Crippen molar-refractivity contribution in [1.29, 1.82) is 0 Å². The fraction of sp³-hybridized carbons (Fsp3) is 0.750. The van der Waals surface area contributed by atoms with Crippen LogP contribution in [0.4, 0.5) is 0 Å². The molecule has 0 aliphatic heterocycles. The predicted octanol–water partition coefficient (Wildman–Crippen LogP) is -2.55. The Bertz CT molecular complexity index is 124. The first-order valence-corrected chi connectivity index (χ1v) is 2.31. The van der Waals surface area contributed by atoms with Crippen molar-refractivity contribution in [2.75, 3.05) is 0 Å². The van der Waals surface area contributed by atoms with Crippen molar-refractivity contribution in [2.24, 2.45) is 5.73 Å². The van der Waals surface area contributed by atoms with E-state index >= 15 is 0 Å². The zero-order valence-corrected chi connectivity index (χ0v) is 4.90. The Labute approximate surface area is 80.1 Å². The number of rotatable bonds is 2. The van der Waals surface area contributed by atoms with Crippen molar-refractivity contribution in [3.63, 3.8) is 0 Å². The van der Waals surface area contributed by atoms with Crippen LogP contribution < -0.4 is 5.73 Å². The molecule has 5 N–H and O–H groups in total. The van der Waals surface area contributed by atoms with Gasteiger partial charge in [0, 0.05) is 0 Å². The van der Waals surface area contributed by atoms with E-state index in [1.165, 1.54) is 0 Å². The SMILES string of the molecule is C[C@@H](O)[C@@](N)(O)C(=O)O.[NaH]. The molecule has 5 nitrogen and oxygen atoms in total. The summed E-state index contributed by atoms with van der Waals surface area (Å²) in [6.07, 6.45) is -1.48. The van der Waals surface area contributed by atoms with E-state index in [1.54, 1.807) is 0 Å². The standard InChI is InChI=1S/C4H9NO4.Na.H/c1-2(6)4(5,9)3(7)8;;/h2,6,9H,5H2,1H3,(H,7,8);;/t2-,4-;;/m1../s1. The van der Waals surface area contributed by atoms with E-state index in [4.69, 9.17) is 21.1 Å². The molecule has 0 fully saturated rings. The third kappa shape index (κ3) is 2.96. The molecular formula is C4H10NNaO4. The van der Waals surface area contributed by atoms with Crippen molar-refractivity contribution >= 4 is 35.5 Å². The van der Waals surface area contributed by atoms with Gasteiger partial charge in [0.1, 0.15) is 6.10 Å². The van der Waals surface area contributed by atoms with Crippen LogP contribution in [0.5, 0.6) is 0 Å². The molecule has 6 heteroatoms. The summed E-state index contributed by atoms with van der Waals surface area (Å²) in [4.78, 5) is 9.93. The fourth-order valence-corrected chi connectivity index (χ4v) is 0.179. The summed E-state index contributed by atoms with van der Waals surface area (Å²) >= 11 is 0. The van der Waals surface area contributed by atoms with Crippen molar-refractivity contribution in [3.8, 4) is 0 Å². The second-order valence-electron chi connectivity index (χ2n) is 1.81. The molecule has 0 spiro atoms. The second-order valence-corrected chi connectivity index (χ2v) is 1.81. The Kier molecular flexibility index (Phi) is 5.55. The van der Waals surface area contributed by atoms with Gasteiger partial charge in [-0.25, -0.2) is 4.79 Å². The molecule has 56 valence electrons. The molecular weight excluding hydrogens is 149 g/mol. The van der Waals surface area contributed by atoms with Crippen LogP contribution in [0.25, 0.3) is 0 Å². The molecule has 0 amide bonds. The van der Waals surface area contributed by atoms with Crippen LogP contribution in [0.2, 0.25) is 0 Å². The van der Waals surface area contributed by atoms with Gasteiger partial charge in [-0.05, 0) is 6.92 Å². The number of aliphatic hydroxyl groups excluding tert-OH is 1. The monoisotopic (exact) mass is 159 g/mol. The van der Waals surface area contributed by atoms with Gasteiger partial charge >= 0.3 is 35.5 Å². The number of hydrogen-bond acceptors (Lipinski definition) is 4. The van der Waals surface area contributed by atoms with Gasteiger partial charge < -0.3 is 15.3 Å².